The highest BCUT2D eigenvalue weighted by Gasteiger charge is 2.15. The highest BCUT2D eigenvalue weighted by Crippen LogP contribution is 2.21. The minimum absolute atomic E-state index is 0.0719. The van der Waals surface area contributed by atoms with Crippen molar-refractivity contribution in [2.75, 3.05) is 31.2 Å². The van der Waals surface area contributed by atoms with Crippen LogP contribution in [0.2, 0.25) is 0 Å². The molecule has 0 atom stereocenters. The van der Waals surface area contributed by atoms with Crippen LogP contribution in [0, 0.1) is 6.92 Å². The molecule has 5 heteroatoms. The van der Waals surface area contributed by atoms with E-state index >= 15 is 0 Å². The zero-order valence-corrected chi connectivity index (χ0v) is 12.2. The van der Waals surface area contributed by atoms with Gasteiger partial charge >= 0.3 is 0 Å². The van der Waals surface area contributed by atoms with Gasteiger partial charge in [0.05, 0.1) is 25.5 Å². The van der Waals surface area contributed by atoms with E-state index in [0.29, 0.717) is 6.54 Å². The van der Waals surface area contributed by atoms with Crippen molar-refractivity contribution >= 4 is 5.69 Å². The normalized spacial score (nSPS) is 15.2. The summed E-state index contributed by atoms with van der Waals surface area (Å²) in [6.07, 6.45) is 0. The van der Waals surface area contributed by atoms with Gasteiger partial charge < -0.3 is 9.64 Å². The van der Waals surface area contributed by atoms with E-state index in [1.54, 1.807) is 12.1 Å². The Bertz CT molecular complexity index is 675. The Labute approximate surface area is 123 Å². The van der Waals surface area contributed by atoms with Crippen molar-refractivity contribution in [2.45, 2.75) is 13.5 Å². The topological polar surface area (TPSA) is 47.4 Å². The molecule has 0 unspecified atom stereocenters. The Balaban J connectivity index is 1.91. The number of para-hydroxylation sites is 1. The van der Waals surface area contributed by atoms with Gasteiger partial charge in [-0.2, -0.15) is 5.10 Å². The van der Waals surface area contributed by atoms with Crippen molar-refractivity contribution in [2.24, 2.45) is 0 Å². The minimum Gasteiger partial charge on any atom is -0.378 e. The third-order valence-electron chi connectivity index (χ3n) is 3.66. The summed E-state index contributed by atoms with van der Waals surface area (Å²) in [5, 5.41) is 4.32. The predicted octanol–water partition coefficient (Wildman–Crippen LogP) is 1.44. The summed E-state index contributed by atoms with van der Waals surface area (Å²) >= 11 is 0. The monoisotopic (exact) mass is 285 g/mol. The van der Waals surface area contributed by atoms with E-state index in [4.69, 9.17) is 4.74 Å². The van der Waals surface area contributed by atoms with E-state index in [1.165, 1.54) is 4.68 Å². The number of morpholine rings is 1. The lowest BCUT2D eigenvalue weighted by Crippen LogP contribution is -2.37. The summed E-state index contributed by atoms with van der Waals surface area (Å²) < 4.78 is 6.93. The number of hydrogen-bond donors (Lipinski definition) is 0. The number of nitrogens with zero attached hydrogens (tertiary/aromatic N) is 3. The first-order valence-corrected chi connectivity index (χ1v) is 7.19. The highest BCUT2D eigenvalue weighted by atomic mass is 16.5. The summed E-state index contributed by atoms with van der Waals surface area (Å²) in [5.41, 5.74) is 3.05. The van der Waals surface area contributed by atoms with E-state index in [9.17, 15) is 4.79 Å². The molecule has 1 aliphatic rings. The number of aromatic nitrogens is 2. The summed E-state index contributed by atoms with van der Waals surface area (Å²) in [5.74, 6) is 0. The van der Waals surface area contributed by atoms with Crippen LogP contribution in [-0.4, -0.2) is 36.1 Å². The van der Waals surface area contributed by atoms with Crippen molar-refractivity contribution < 1.29 is 4.74 Å². The number of ether oxygens (including phenoxy) is 1. The van der Waals surface area contributed by atoms with E-state index in [-0.39, 0.29) is 5.56 Å². The van der Waals surface area contributed by atoms with Crippen molar-refractivity contribution in [3.05, 3.63) is 58.0 Å². The van der Waals surface area contributed by atoms with Crippen molar-refractivity contribution in [1.29, 1.82) is 0 Å². The molecule has 3 rings (SSSR count). The van der Waals surface area contributed by atoms with Gasteiger partial charge in [-0.05, 0) is 24.6 Å². The Hall–Kier alpha value is -2.14. The van der Waals surface area contributed by atoms with Gasteiger partial charge in [-0.15, -0.1) is 0 Å². The maximum absolute atomic E-state index is 11.9. The number of rotatable bonds is 3. The molecule has 0 bridgehead atoms. The van der Waals surface area contributed by atoms with Gasteiger partial charge in [-0.25, -0.2) is 4.68 Å². The van der Waals surface area contributed by atoms with Crippen LogP contribution in [-0.2, 0) is 11.3 Å². The van der Waals surface area contributed by atoms with E-state index < -0.39 is 0 Å². The van der Waals surface area contributed by atoms with Crippen molar-refractivity contribution in [3.8, 4) is 0 Å². The van der Waals surface area contributed by atoms with E-state index in [0.717, 1.165) is 43.2 Å². The fourth-order valence-corrected chi connectivity index (χ4v) is 2.58. The molecule has 21 heavy (non-hydrogen) atoms. The largest absolute Gasteiger partial charge is 0.378 e. The second kappa shape index (κ2) is 6.10. The number of benzene rings is 1. The Morgan fingerprint density at radius 3 is 2.71 bits per heavy atom. The third-order valence-corrected chi connectivity index (χ3v) is 3.66. The Morgan fingerprint density at radius 1 is 1.14 bits per heavy atom. The van der Waals surface area contributed by atoms with Crippen molar-refractivity contribution in [3.63, 3.8) is 0 Å². The molecule has 0 saturated carbocycles. The van der Waals surface area contributed by atoms with E-state index in [2.05, 4.69) is 22.1 Å². The molecule has 2 heterocycles. The van der Waals surface area contributed by atoms with Crippen LogP contribution in [0.1, 0.15) is 11.3 Å². The molecule has 1 aliphatic heterocycles. The molecular formula is C16H19N3O2. The summed E-state index contributed by atoms with van der Waals surface area (Å²) in [7, 11) is 0. The first-order valence-electron chi connectivity index (χ1n) is 7.19. The molecule has 0 radical (unpaired) electrons. The smallest absolute Gasteiger partial charge is 0.267 e. The lowest BCUT2D eigenvalue weighted by atomic mass is 10.1. The molecule has 0 aliphatic carbocycles. The first-order chi connectivity index (χ1) is 10.2. The van der Waals surface area contributed by atoms with Gasteiger partial charge in [-0.3, -0.25) is 4.79 Å². The maximum atomic E-state index is 11.9. The molecule has 5 nitrogen and oxygen atoms in total. The first kappa shape index (κ1) is 13.8. The van der Waals surface area contributed by atoms with Gasteiger partial charge in [0.25, 0.3) is 5.56 Å². The average Bonchev–Trinajstić information content (AvgIpc) is 2.52. The van der Waals surface area contributed by atoms with Gasteiger partial charge in [0.15, 0.2) is 0 Å². The standard InChI is InChI=1S/C16H19N3O2/c1-13-6-7-16(20)19(17-13)12-14-4-2-3-5-15(14)18-8-10-21-11-9-18/h2-7H,8-12H2,1H3. The number of aryl methyl sites for hydroxylation is 1. The second-order valence-electron chi connectivity index (χ2n) is 5.20. The van der Waals surface area contributed by atoms with Crippen LogP contribution in [0.4, 0.5) is 5.69 Å². The third kappa shape index (κ3) is 3.13. The van der Waals surface area contributed by atoms with E-state index in [1.807, 2.05) is 19.1 Å². The fourth-order valence-electron chi connectivity index (χ4n) is 2.58. The SMILES string of the molecule is Cc1ccc(=O)n(Cc2ccccc2N2CCOCC2)n1. The number of hydrogen-bond acceptors (Lipinski definition) is 4. The predicted molar refractivity (Wildman–Crippen MR) is 81.8 cm³/mol. The van der Waals surface area contributed by atoms with Gasteiger partial charge in [-0.1, -0.05) is 18.2 Å². The number of anilines is 1. The van der Waals surface area contributed by atoms with Crippen LogP contribution >= 0.6 is 0 Å². The molecule has 0 spiro atoms. The second-order valence-corrected chi connectivity index (χ2v) is 5.20. The van der Waals surface area contributed by atoms with Crippen LogP contribution in [0.3, 0.4) is 0 Å². The molecule has 0 N–H and O–H groups in total. The average molecular weight is 285 g/mol. The Kier molecular flexibility index (Phi) is 4.01. The van der Waals surface area contributed by atoms with Gasteiger partial charge in [0.2, 0.25) is 0 Å². The summed E-state index contributed by atoms with van der Waals surface area (Å²) in [6.45, 7) is 5.64. The molecule has 2 aromatic rings. The lowest BCUT2D eigenvalue weighted by molar-refractivity contribution is 0.122. The zero-order valence-electron chi connectivity index (χ0n) is 12.2. The summed E-state index contributed by atoms with van der Waals surface area (Å²) in [6, 6.07) is 11.5. The molecule has 1 aromatic heterocycles. The highest BCUT2D eigenvalue weighted by molar-refractivity contribution is 5.54. The van der Waals surface area contributed by atoms with Crippen LogP contribution in [0.15, 0.2) is 41.2 Å². The van der Waals surface area contributed by atoms with Gasteiger partial charge in [0.1, 0.15) is 0 Å². The minimum atomic E-state index is -0.0719. The van der Waals surface area contributed by atoms with Crippen LogP contribution in [0.25, 0.3) is 0 Å². The lowest BCUT2D eigenvalue weighted by Gasteiger charge is -2.30. The van der Waals surface area contributed by atoms with Crippen LogP contribution in [0.5, 0.6) is 0 Å². The van der Waals surface area contributed by atoms with Gasteiger partial charge in [0, 0.05) is 24.8 Å². The maximum Gasteiger partial charge on any atom is 0.267 e. The summed E-state index contributed by atoms with van der Waals surface area (Å²) in [4.78, 5) is 14.2. The fraction of sp³-hybridized carbons (Fsp3) is 0.375. The molecule has 1 fully saturated rings. The molecular weight excluding hydrogens is 266 g/mol. The quantitative estimate of drug-likeness (QED) is 0.856. The molecule has 0 amide bonds. The molecule has 1 aromatic carbocycles. The zero-order chi connectivity index (χ0) is 14.7. The molecule has 1 saturated heterocycles. The van der Waals surface area contributed by atoms with Crippen molar-refractivity contribution in [1.82, 2.24) is 9.78 Å². The van der Waals surface area contributed by atoms with Crippen LogP contribution < -0.4 is 10.5 Å². The molecule has 110 valence electrons. The Morgan fingerprint density at radius 2 is 1.90 bits per heavy atom.